The van der Waals surface area contributed by atoms with Crippen LogP contribution < -0.4 is 15.8 Å². The Morgan fingerprint density at radius 2 is 1.91 bits per heavy atom. The number of nitrogens with two attached hydrogens (primary N) is 1. The second kappa shape index (κ2) is 7.37. The highest BCUT2D eigenvalue weighted by molar-refractivity contribution is 7.89. The lowest BCUT2D eigenvalue weighted by molar-refractivity contribution is 0.0529. The van der Waals surface area contributed by atoms with Gasteiger partial charge in [0.25, 0.3) is 0 Å². The number of carbonyl (C=O) groups excluding carboxylic acids is 1. The zero-order chi connectivity index (χ0) is 17.8. The molecular weight excluding hydrogens is 342 g/mol. The number of ether oxygens (including phenoxy) is 1. The first-order valence-electron chi connectivity index (χ1n) is 6.94. The molecule has 130 valence electrons. The Labute approximate surface area is 141 Å². The van der Waals surface area contributed by atoms with Gasteiger partial charge in [0, 0.05) is 23.8 Å². The molecule has 0 heterocycles. The van der Waals surface area contributed by atoms with Crippen molar-refractivity contribution in [3.63, 3.8) is 0 Å². The van der Waals surface area contributed by atoms with Crippen LogP contribution in [-0.4, -0.2) is 33.2 Å². The van der Waals surface area contributed by atoms with E-state index >= 15 is 0 Å². The van der Waals surface area contributed by atoms with Crippen molar-refractivity contribution in [3.05, 3.63) is 22.7 Å². The van der Waals surface area contributed by atoms with Crippen LogP contribution in [0.3, 0.4) is 0 Å². The average Bonchev–Trinajstić information content (AvgIpc) is 2.37. The van der Waals surface area contributed by atoms with Gasteiger partial charge in [-0.25, -0.2) is 17.9 Å². The Bertz CT molecular complexity index is 684. The minimum absolute atomic E-state index is 0.00738. The highest BCUT2D eigenvalue weighted by Gasteiger charge is 2.19. The van der Waals surface area contributed by atoms with Crippen molar-refractivity contribution in [1.82, 2.24) is 10.0 Å². The quantitative estimate of drug-likeness (QED) is 0.547. The van der Waals surface area contributed by atoms with E-state index in [9.17, 15) is 13.2 Å². The third kappa shape index (κ3) is 6.25. The minimum Gasteiger partial charge on any atom is -0.444 e. The van der Waals surface area contributed by atoms with Gasteiger partial charge in [0.05, 0.1) is 4.90 Å². The summed E-state index contributed by atoms with van der Waals surface area (Å²) in [6, 6.07) is 2.82. The summed E-state index contributed by atoms with van der Waals surface area (Å²) in [6.07, 6.45) is -0.611. The third-order valence-corrected chi connectivity index (χ3v) is 4.55. The molecule has 0 spiro atoms. The number of nitrogen functional groups attached to an aromatic ring is 1. The van der Waals surface area contributed by atoms with Crippen molar-refractivity contribution in [2.45, 2.75) is 38.2 Å². The summed E-state index contributed by atoms with van der Waals surface area (Å²) in [5.74, 6) is 0. The number of sulfonamides is 1. The van der Waals surface area contributed by atoms with E-state index in [0.717, 1.165) is 0 Å². The second-order valence-electron chi connectivity index (χ2n) is 5.94. The average molecular weight is 364 g/mol. The van der Waals surface area contributed by atoms with Gasteiger partial charge in [-0.05, 0) is 45.4 Å². The summed E-state index contributed by atoms with van der Waals surface area (Å²) in [5, 5.41) is 2.70. The molecule has 4 N–H and O–H groups in total. The van der Waals surface area contributed by atoms with Gasteiger partial charge in [-0.3, -0.25) is 0 Å². The predicted molar refractivity (Wildman–Crippen MR) is 90.0 cm³/mol. The maximum absolute atomic E-state index is 12.3. The van der Waals surface area contributed by atoms with Gasteiger partial charge < -0.3 is 15.8 Å². The van der Waals surface area contributed by atoms with Crippen LogP contribution in [0.4, 0.5) is 10.5 Å². The summed E-state index contributed by atoms with van der Waals surface area (Å²) < 4.78 is 31.9. The fraction of sp³-hybridized carbons (Fsp3) is 0.500. The van der Waals surface area contributed by atoms with Crippen LogP contribution >= 0.6 is 11.6 Å². The fourth-order valence-corrected chi connectivity index (χ4v) is 3.32. The molecule has 0 unspecified atom stereocenters. The zero-order valence-corrected chi connectivity index (χ0v) is 15.1. The van der Waals surface area contributed by atoms with Crippen molar-refractivity contribution >= 4 is 33.4 Å². The van der Waals surface area contributed by atoms with E-state index in [1.54, 1.807) is 27.7 Å². The lowest BCUT2D eigenvalue weighted by Crippen LogP contribution is -2.38. The number of amides is 1. The van der Waals surface area contributed by atoms with Crippen molar-refractivity contribution in [3.8, 4) is 0 Å². The molecule has 1 aromatic carbocycles. The van der Waals surface area contributed by atoms with E-state index in [-0.39, 0.29) is 23.0 Å². The highest BCUT2D eigenvalue weighted by atomic mass is 35.5. The molecule has 7 nitrogen and oxygen atoms in total. The summed E-state index contributed by atoms with van der Waals surface area (Å²) >= 11 is 5.85. The Morgan fingerprint density at radius 3 is 2.48 bits per heavy atom. The zero-order valence-electron chi connectivity index (χ0n) is 13.6. The lowest BCUT2D eigenvalue weighted by Gasteiger charge is -2.19. The van der Waals surface area contributed by atoms with Crippen LogP contribution in [-0.2, 0) is 14.8 Å². The molecule has 1 aromatic rings. The monoisotopic (exact) mass is 363 g/mol. The molecule has 0 fully saturated rings. The largest absolute Gasteiger partial charge is 0.444 e. The van der Waals surface area contributed by atoms with Gasteiger partial charge >= 0.3 is 6.09 Å². The van der Waals surface area contributed by atoms with Crippen LogP contribution in [0.1, 0.15) is 26.3 Å². The number of carbonyl (C=O) groups is 1. The van der Waals surface area contributed by atoms with E-state index in [1.165, 1.54) is 12.1 Å². The standard InChI is InChI=1S/C14H22ClN3O4S/c1-9-11(16)7-10(15)8-12(9)23(20,21)18-6-5-17-13(19)22-14(2,3)4/h7-8,18H,5-6,16H2,1-4H3,(H,17,19). The van der Waals surface area contributed by atoms with Gasteiger partial charge in [0.1, 0.15) is 5.60 Å². The molecule has 9 heteroatoms. The Balaban J connectivity index is 2.63. The van der Waals surface area contributed by atoms with E-state index in [2.05, 4.69) is 10.0 Å². The molecule has 0 aliphatic rings. The molecule has 0 aromatic heterocycles. The van der Waals surface area contributed by atoms with Crippen LogP contribution in [0.25, 0.3) is 0 Å². The smallest absolute Gasteiger partial charge is 0.407 e. The topological polar surface area (TPSA) is 111 Å². The van der Waals surface area contributed by atoms with Gasteiger partial charge in [-0.1, -0.05) is 11.6 Å². The molecule has 1 rings (SSSR count). The van der Waals surface area contributed by atoms with Crippen molar-refractivity contribution in [2.75, 3.05) is 18.8 Å². The van der Waals surface area contributed by atoms with Crippen molar-refractivity contribution in [1.29, 1.82) is 0 Å². The molecule has 0 atom stereocenters. The van der Waals surface area contributed by atoms with Gasteiger partial charge in [0.2, 0.25) is 10.0 Å². The van der Waals surface area contributed by atoms with Crippen molar-refractivity contribution < 1.29 is 17.9 Å². The molecule has 23 heavy (non-hydrogen) atoms. The lowest BCUT2D eigenvalue weighted by atomic mass is 10.2. The molecule has 0 saturated heterocycles. The summed E-state index contributed by atoms with van der Waals surface area (Å²) in [7, 11) is -3.78. The van der Waals surface area contributed by atoms with E-state index in [1.807, 2.05) is 0 Å². The minimum atomic E-state index is -3.78. The van der Waals surface area contributed by atoms with Gasteiger partial charge in [-0.15, -0.1) is 0 Å². The van der Waals surface area contributed by atoms with Crippen molar-refractivity contribution in [2.24, 2.45) is 0 Å². The second-order valence-corrected chi connectivity index (χ2v) is 8.12. The SMILES string of the molecule is Cc1c(N)cc(Cl)cc1S(=O)(=O)NCCNC(=O)OC(C)(C)C. The van der Waals surface area contributed by atoms with Gasteiger partial charge in [0.15, 0.2) is 0 Å². The number of nitrogens with one attached hydrogen (secondary N) is 2. The number of rotatable bonds is 5. The number of hydrogen-bond acceptors (Lipinski definition) is 5. The summed E-state index contributed by atoms with van der Waals surface area (Å²) in [5.41, 5.74) is 5.82. The number of hydrogen-bond donors (Lipinski definition) is 3. The van der Waals surface area contributed by atoms with Crippen LogP contribution in [0, 0.1) is 6.92 Å². The molecule has 0 aliphatic carbocycles. The first kappa shape index (κ1) is 19.5. The first-order chi connectivity index (χ1) is 10.4. The number of halogens is 1. The van der Waals surface area contributed by atoms with E-state index in [0.29, 0.717) is 11.3 Å². The van der Waals surface area contributed by atoms with Crippen LogP contribution in [0.2, 0.25) is 5.02 Å². The molecule has 0 aliphatic heterocycles. The number of benzene rings is 1. The van der Waals surface area contributed by atoms with E-state index in [4.69, 9.17) is 22.1 Å². The predicted octanol–water partition coefficient (Wildman–Crippen LogP) is 2.03. The Hall–Kier alpha value is -1.51. The fourth-order valence-electron chi connectivity index (χ4n) is 1.70. The Kier molecular flexibility index (Phi) is 6.26. The van der Waals surface area contributed by atoms with Gasteiger partial charge in [-0.2, -0.15) is 0 Å². The maximum Gasteiger partial charge on any atom is 0.407 e. The molecule has 0 saturated carbocycles. The normalized spacial score (nSPS) is 12.0. The van der Waals surface area contributed by atoms with Crippen LogP contribution in [0.15, 0.2) is 17.0 Å². The molecule has 1 amide bonds. The molecule has 0 radical (unpaired) electrons. The number of anilines is 1. The molecule has 0 bridgehead atoms. The van der Waals surface area contributed by atoms with Crippen LogP contribution in [0.5, 0.6) is 0 Å². The summed E-state index contributed by atoms with van der Waals surface area (Å²) in [6.45, 7) is 6.90. The third-order valence-electron chi connectivity index (χ3n) is 2.74. The van der Waals surface area contributed by atoms with E-state index < -0.39 is 21.7 Å². The summed E-state index contributed by atoms with van der Waals surface area (Å²) in [4.78, 5) is 11.5. The first-order valence-corrected chi connectivity index (χ1v) is 8.80. The number of alkyl carbamates (subject to hydrolysis) is 1. The Morgan fingerprint density at radius 1 is 1.30 bits per heavy atom. The maximum atomic E-state index is 12.3. The highest BCUT2D eigenvalue weighted by Crippen LogP contribution is 2.25. The molecular formula is C14H22ClN3O4S.